The van der Waals surface area contributed by atoms with Crippen molar-refractivity contribution in [3.63, 3.8) is 0 Å². The number of amides is 2. The molecule has 1 atom stereocenters. The first-order valence-electron chi connectivity index (χ1n) is 9.38. The maximum atomic E-state index is 13.5. The first-order valence-corrected chi connectivity index (χ1v) is 9.38. The van der Waals surface area contributed by atoms with E-state index in [1.165, 1.54) is 12.7 Å². The van der Waals surface area contributed by atoms with Crippen molar-refractivity contribution in [1.29, 1.82) is 0 Å². The van der Waals surface area contributed by atoms with E-state index >= 15 is 0 Å². The topological polar surface area (TPSA) is 49.9 Å². The second kappa shape index (κ2) is 7.16. The molecule has 1 saturated heterocycles. The first kappa shape index (κ1) is 17.7. The van der Waals surface area contributed by atoms with Gasteiger partial charge >= 0.3 is 0 Å². The minimum Gasteiger partial charge on any atom is -0.375 e. The molecule has 2 heterocycles. The van der Waals surface area contributed by atoms with Gasteiger partial charge in [-0.1, -0.05) is 48.5 Å². The zero-order chi connectivity index (χ0) is 18.9. The highest BCUT2D eigenvalue weighted by molar-refractivity contribution is 6.09. The molecular formula is C22H24N2O3. The summed E-state index contributed by atoms with van der Waals surface area (Å²) in [6.45, 7) is 1.74. The van der Waals surface area contributed by atoms with Crippen LogP contribution >= 0.6 is 0 Å². The number of fused-ring (bicyclic) bond motifs is 2. The smallest absolute Gasteiger partial charge is 0.248 e. The summed E-state index contributed by atoms with van der Waals surface area (Å²) in [4.78, 5) is 29.4. The molecule has 1 spiro atoms. The second-order valence-corrected chi connectivity index (χ2v) is 7.29. The average molecular weight is 364 g/mol. The zero-order valence-corrected chi connectivity index (χ0v) is 15.6. The number of hydrogen-bond donors (Lipinski definition) is 0. The number of likely N-dealkylation sites (tertiary alicyclic amines) is 1. The molecule has 1 unspecified atom stereocenters. The molecule has 2 aliphatic rings. The molecule has 0 bridgehead atoms. The predicted octanol–water partition coefficient (Wildman–Crippen LogP) is 2.39. The molecule has 0 aromatic heterocycles. The number of nitrogens with zero attached hydrogens (tertiary/aromatic N) is 2. The third-order valence-corrected chi connectivity index (χ3v) is 5.72. The van der Waals surface area contributed by atoms with Crippen molar-refractivity contribution in [3.05, 3.63) is 65.7 Å². The number of hydrogen-bond acceptors (Lipinski definition) is 3. The fourth-order valence-corrected chi connectivity index (χ4v) is 4.34. The van der Waals surface area contributed by atoms with Crippen LogP contribution in [0.25, 0.3) is 0 Å². The Balaban J connectivity index is 1.59. The van der Waals surface area contributed by atoms with Gasteiger partial charge in [0.2, 0.25) is 11.8 Å². The van der Waals surface area contributed by atoms with E-state index in [0.717, 1.165) is 17.7 Å². The van der Waals surface area contributed by atoms with E-state index in [1.807, 2.05) is 47.4 Å². The number of para-hydroxylation sites is 1. The molecule has 2 aromatic carbocycles. The van der Waals surface area contributed by atoms with Crippen LogP contribution in [0, 0.1) is 0 Å². The van der Waals surface area contributed by atoms with Crippen LogP contribution in [0.3, 0.4) is 0 Å². The molecule has 140 valence electrons. The molecule has 2 aliphatic heterocycles. The Hall–Kier alpha value is -2.66. The van der Waals surface area contributed by atoms with Crippen LogP contribution in [0.4, 0.5) is 5.69 Å². The monoisotopic (exact) mass is 364 g/mol. The van der Waals surface area contributed by atoms with Gasteiger partial charge in [0.25, 0.3) is 0 Å². The molecular weight excluding hydrogens is 340 g/mol. The maximum absolute atomic E-state index is 13.5. The van der Waals surface area contributed by atoms with Crippen LogP contribution < -0.4 is 4.90 Å². The minimum atomic E-state index is -0.614. The molecule has 2 amide bonds. The Kier molecular flexibility index (Phi) is 4.70. The van der Waals surface area contributed by atoms with E-state index < -0.39 is 5.41 Å². The summed E-state index contributed by atoms with van der Waals surface area (Å²) in [7, 11) is 1.52. The first-order chi connectivity index (χ1) is 13.2. The number of ether oxygens (including phenoxy) is 1. The van der Waals surface area contributed by atoms with E-state index in [1.54, 1.807) is 4.90 Å². The van der Waals surface area contributed by atoms with Gasteiger partial charge in [0.1, 0.15) is 6.61 Å². The van der Waals surface area contributed by atoms with Crippen LogP contribution in [0.5, 0.6) is 0 Å². The maximum Gasteiger partial charge on any atom is 0.248 e. The highest BCUT2D eigenvalue weighted by atomic mass is 16.5. The quantitative estimate of drug-likeness (QED) is 0.819. The van der Waals surface area contributed by atoms with Gasteiger partial charge in [-0.15, -0.1) is 0 Å². The fourth-order valence-electron chi connectivity index (χ4n) is 4.34. The van der Waals surface area contributed by atoms with Crippen molar-refractivity contribution >= 4 is 17.5 Å². The third kappa shape index (κ3) is 3.02. The van der Waals surface area contributed by atoms with Gasteiger partial charge in [0, 0.05) is 32.4 Å². The lowest BCUT2D eigenvalue weighted by Crippen LogP contribution is -2.44. The molecule has 0 saturated carbocycles. The molecule has 0 aliphatic carbocycles. The van der Waals surface area contributed by atoms with E-state index in [4.69, 9.17) is 4.74 Å². The highest BCUT2D eigenvalue weighted by Gasteiger charge is 2.54. The molecule has 27 heavy (non-hydrogen) atoms. The van der Waals surface area contributed by atoms with Crippen LogP contribution in [-0.2, 0) is 26.2 Å². The number of anilines is 1. The van der Waals surface area contributed by atoms with Gasteiger partial charge in [0.15, 0.2) is 0 Å². The summed E-state index contributed by atoms with van der Waals surface area (Å²) >= 11 is 0. The normalized spacial score (nSPS) is 21.1. The summed E-state index contributed by atoms with van der Waals surface area (Å²) < 4.78 is 4.99. The standard InChI is InChI=1S/C22H24N2O3/c1-27-15-20(25)23-14-12-22(16-23)18-9-5-6-10-19(18)24(21(22)26)13-11-17-7-3-2-4-8-17/h2-10H,11-16H2,1H3. The number of carbonyl (C=O) groups excluding carboxylic acids is 2. The van der Waals surface area contributed by atoms with Gasteiger partial charge in [-0.05, 0) is 30.0 Å². The Bertz CT molecular complexity index is 852. The Morgan fingerprint density at radius 1 is 1.11 bits per heavy atom. The Morgan fingerprint density at radius 3 is 2.63 bits per heavy atom. The van der Waals surface area contributed by atoms with Gasteiger partial charge in [-0.2, -0.15) is 0 Å². The Labute approximate surface area is 159 Å². The lowest BCUT2D eigenvalue weighted by molar-refractivity contribution is -0.134. The number of carbonyl (C=O) groups is 2. The summed E-state index contributed by atoms with van der Waals surface area (Å²) in [5.74, 6) is 0.0646. The fraction of sp³-hybridized carbons (Fsp3) is 0.364. The van der Waals surface area contributed by atoms with Crippen molar-refractivity contribution in [2.24, 2.45) is 0 Å². The summed E-state index contributed by atoms with van der Waals surface area (Å²) in [6, 6.07) is 18.2. The molecule has 0 N–H and O–H groups in total. The van der Waals surface area contributed by atoms with Crippen molar-refractivity contribution < 1.29 is 14.3 Å². The third-order valence-electron chi connectivity index (χ3n) is 5.72. The van der Waals surface area contributed by atoms with Crippen molar-refractivity contribution in [1.82, 2.24) is 4.90 Å². The lowest BCUT2D eigenvalue weighted by atomic mass is 9.81. The largest absolute Gasteiger partial charge is 0.375 e. The summed E-state index contributed by atoms with van der Waals surface area (Å²) in [5, 5.41) is 0. The number of methoxy groups -OCH3 is 1. The van der Waals surface area contributed by atoms with E-state index in [2.05, 4.69) is 12.1 Å². The van der Waals surface area contributed by atoms with Gasteiger partial charge in [-0.25, -0.2) is 0 Å². The second-order valence-electron chi connectivity index (χ2n) is 7.29. The summed E-state index contributed by atoms with van der Waals surface area (Å²) in [5.41, 5.74) is 2.64. The van der Waals surface area contributed by atoms with E-state index in [-0.39, 0.29) is 18.4 Å². The minimum absolute atomic E-state index is 0.0533. The van der Waals surface area contributed by atoms with Gasteiger partial charge in [0.05, 0.1) is 5.41 Å². The van der Waals surface area contributed by atoms with E-state index in [9.17, 15) is 9.59 Å². The number of rotatable bonds is 5. The van der Waals surface area contributed by atoms with Crippen molar-refractivity contribution in [2.75, 3.05) is 38.3 Å². The van der Waals surface area contributed by atoms with Crippen molar-refractivity contribution in [3.8, 4) is 0 Å². The highest BCUT2D eigenvalue weighted by Crippen LogP contribution is 2.47. The van der Waals surface area contributed by atoms with Crippen LogP contribution in [0.15, 0.2) is 54.6 Å². The molecule has 4 rings (SSSR count). The molecule has 2 aromatic rings. The molecule has 5 heteroatoms. The summed E-state index contributed by atoms with van der Waals surface area (Å²) in [6.07, 6.45) is 1.48. The molecule has 1 fully saturated rings. The van der Waals surface area contributed by atoms with Crippen LogP contribution in [-0.4, -0.2) is 50.1 Å². The molecule has 5 nitrogen and oxygen atoms in total. The number of benzene rings is 2. The molecule has 0 radical (unpaired) electrons. The lowest BCUT2D eigenvalue weighted by Gasteiger charge is -2.24. The SMILES string of the molecule is COCC(=O)N1CCC2(C1)C(=O)N(CCc1ccccc1)c1ccccc12. The van der Waals surface area contributed by atoms with Crippen molar-refractivity contribution in [2.45, 2.75) is 18.3 Å². The van der Waals surface area contributed by atoms with Gasteiger partial charge < -0.3 is 14.5 Å². The van der Waals surface area contributed by atoms with Gasteiger partial charge in [-0.3, -0.25) is 9.59 Å². The Morgan fingerprint density at radius 2 is 1.85 bits per heavy atom. The predicted molar refractivity (Wildman–Crippen MR) is 104 cm³/mol. The van der Waals surface area contributed by atoms with E-state index in [0.29, 0.717) is 26.1 Å². The zero-order valence-electron chi connectivity index (χ0n) is 15.6. The van der Waals surface area contributed by atoms with Crippen LogP contribution in [0.2, 0.25) is 0 Å². The van der Waals surface area contributed by atoms with Crippen LogP contribution in [0.1, 0.15) is 17.5 Å². The average Bonchev–Trinajstić information content (AvgIpc) is 3.24.